The quantitative estimate of drug-likeness (QED) is 0.724. The summed E-state index contributed by atoms with van der Waals surface area (Å²) >= 11 is 1.65. The molecule has 2 aromatic rings. The number of fused-ring (bicyclic) bond motifs is 1. The van der Waals surface area contributed by atoms with Gasteiger partial charge in [-0.2, -0.15) is 0 Å². The maximum absolute atomic E-state index is 4.43. The van der Waals surface area contributed by atoms with Gasteiger partial charge in [0, 0.05) is 19.3 Å². The molecule has 0 spiro atoms. The molecular formula is C8H10N4S. The van der Waals surface area contributed by atoms with Gasteiger partial charge in [0.15, 0.2) is 0 Å². The average molecular weight is 194 g/mol. The highest BCUT2D eigenvalue weighted by molar-refractivity contribution is 7.20. The van der Waals surface area contributed by atoms with E-state index in [-0.39, 0.29) is 0 Å². The van der Waals surface area contributed by atoms with Crippen LogP contribution >= 0.6 is 11.3 Å². The van der Waals surface area contributed by atoms with Crippen LogP contribution in [0.3, 0.4) is 0 Å². The Morgan fingerprint density at radius 1 is 1.62 bits per heavy atom. The van der Waals surface area contributed by atoms with Crippen molar-refractivity contribution in [3.8, 4) is 0 Å². The molecule has 0 saturated heterocycles. The maximum Gasteiger partial charge on any atom is 0.213 e. The molecule has 0 aromatic carbocycles. The Morgan fingerprint density at radius 2 is 2.46 bits per heavy atom. The second-order valence-corrected chi connectivity index (χ2v) is 4.32. The number of nitrogens with zero attached hydrogens (tertiary/aromatic N) is 4. The van der Waals surface area contributed by atoms with Gasteiger partial charge in [0.25, 0.3) is 0 Å². The molecule has 5 heteroatoms. The van der Waals surface area contributed by atoms with E-state index in [2.05, 4.69) is 22.0 Å². The van der Waals surface area contributed by atoms with E-state index < -0.39 is 0 Å². The lowest BCUT2D eigenvalue weighted by molar-refractivity contribution is 0.866. The molecule has 2 aromatic heterocycles. The Morgan fingerprint density at radius 3 is 3.15 bits per heavy atom. The molecule has 0 aliphatic heterocycles. The Hall–Kier alpha value is -1.10. The summed E-state index contributed by atoms with van der Waals surface area (Å²) in [5, 5.41) is 5.51. The first-order chi connectivity index (χ1) is 6.34. The first-order valence-electron chi connectivity index (χ1n) is 4.37. The van der Waals surface area contributed by atoms with Crippen LogP contribution in [-0.4, -0.2) is 27.7 Å². The van der Waals surface area contributed by atoms with Crippen LogP contribution in [0.25, 0.3) is 4.96 Å². The largest absolute Gasteiger partial charge is 0.347 e. The minimum Gasteiger partial charge on any atom is -0.347 e. The van der Waals surface area contributed by atoms with Crippen LogP contribution in [-0.2, 0) is 0 Å². The summed E-state index contributed by atoms with van der Waals surface area (Å²) in [6, 6.07) is 0.718. The van der Waals surface area contributed by atoms with Gasteiger partial charge in [-0.25, -0.2) is 9.50 Å². The molecule has 0 N–H and O–H groups in total. The van der Waals surface area contributed by atoms with Crippen molar-refractivity contribution in [2.75, 3.05) is 11.9 Å². The second-order valence-electron chi connectivity index (χ2n) is 3.38. The molecule has 0 bridgehead atoms. The molecule has 1 saturated carbocycles. The summed E-state index contributed by atoms with van der Waals surface area (Å²) in [5.41, 5.74) is 0. The molecule has 2 heterocycles. The standard InChI is InChI=1S/C8H10N4S/c1-11(6-2-3-6)8-10-12-5-4-9-7(12)13-8/h4-6H,2-3H2,1H3. The summed E-state index contributed by atoms with van der Waals surface area (Å²) in [4.78, 5) is 7.42. The Bertz CT molecular complexity index is 399. The third-order valence-electron chi connectivity index (χ3n) is 2.36. The predicted molar refractivity (Wildman–Crippen MR) is 52.3 cm³/mol. The molecule has 4 nitrogen and oxygen atoms in total. The van der Waals surface area contributed by atoms with Crippen molar-refractivity contribution in [1.82, 2.24) is 14.6 Å². The third kappa shape index (κ3) is 1.11. The lowest BCUT2D eigenvalue weighted by Crippen LogP contribution is -2.19. The van der Waals surface area contributed by atoms with E-state index in [1.165, 1.54) is 12.8 Å². The van der Waals surface area contributed by atoms with Gasteiger partial charge in [0.1, 0.15) is 0 Å². The average Bonchev–Trinajstić information content (AvgIpc) is 2.73. The number of imidazole rings is 1. The van der Waals surface area contributed by atoms with Crippen molar-refractivity contribution in [2.45, 2.75) is 18.9 Å². The van der Waals surface area contributed by atoms with Crippen molar-refractivity contribution in [1.29, 1.82) is 0 Å². The van der Waals surface area contributed by atoms with Crippen LogP contribution in [0.4, 0.5) is 5.13 Å². The lowest BCUT2D eigenvalue weighted by Gasteiger charge is -2.12. The van der Waals surface area contributed by atoms with Gasteiger partial charge in [-0.1, -0.05) is 11.3 Å². The summed E-state index contributed by atoms with van der Waals surface area (Å²) in [7, 11) is 2.11. The summed E-state index contributed by atoms with van der Waals surface area (Å²) in [6.07, 6.45) is 6.27. The van der Waals surface area contributed by atoms with Crippen LogP contribution < -0.4 is 4.90 Å². The second kappa shape index (κ2) is 2.45. The molecule has 68 valence electrons. The lowest BCUT2D eigenvalue weighted by atomic mass is 10.6. The van der Waals surface area contributed by atoms with Gasteiger partial charge < -0.3 is 4.90 Å². The van der Waals surface area contributed by atoms with E-state index in [0.29, 0.717) is 0 Å². The smallest absolute Gasteiger partial charge is 0.213 e. The fourth-order valence-electron chi connectivity index (χ4n) is 1.39. The van der Waals surface area contributed by atoms with Gasteiger partial charge in [0.2, 0.25) is 10.1 Å². The highest BCUT2D eigenvalue weighted by atomic mass is 32.1. The predicted octanol–water partition coefficient (Wildman–Crippen LogP) is 1.39. The molecule has 0 radical (unpaired) electrons. The number of hydrogen-bond donors (Lipinski definition) is 0. The van der Waals surface area contributed by atoms with Crippen LogP contribution in [0.15, 0.2) is 12.4 Å². The van der Waals surface area contributed by atoms with Gasteiger partial charge in [-0.05, 0) is 12.8 Å². The molecular weight excluding hydrogens is 184 g/mol. The van der Waals surface area contributed by atoms with Crippen molar-refractivity contribution < 1.29 is 0 Å². The molecule has 13 heavy (non-hydrogen) atoms. The van der Waals surface area contributed by atoms with Crippen LogP contribution in [0.1, 0.15) is 12.8 Å². The first-order valence-corrected chi connectivity index (χ1v) is 5.19. The minimum atomic E-state index is 0.718. The molecule has 0 unspecified atom stereocenters. The maximum atomic E-state index is 4.43. The Labute approximate surface area is 79.8 Å². The van der Waals surface area contributed by atoms with Gasteiger partial charge in [0.05, 0.1) is 6.20 Å². The number of rotatable bonds is 2. The monoisotopic (exact) mass is 194 g/mol. The van der Waals surface area contributed by atoms with E-state index in [4.69, 9.17) is 0 Å². The molecule has 0 atom stereocenters. The van der Waals surface area contributed by atoms with E-state index in [1.54, 1.807) is 17.5 Å². The highest BCUT2D eigenvalue weighted by Crippen LogP contribution is 2.32. The summed E-state index contributed by atoms with van der Waals surface area (Å²) in [6.45, 7) is 0. The highest BCUT2D eigenvalue weighted by Gasteiger charge is 2.28. The van der Waals surface area contributed by atoms with Gasteiger partial charge >= 0.3 is 0 Å². The molecule has 1 aliphatic rings. The zero-order valence-corrected chi connectivity index (χ0v) is 8.16. The van der Waals surface area contributed by atoms with E-state index in [1.807, 2.05) is 10.7 Å². The summed E-state index contributed by atoms with van der Waals surface area (Å²) < 4.78 is 1.83. The summed E-state index contributed by atoms with van der Waals surface area (Å²) in [5.74, 6) is 0. The zero-order chi connectivity index (χ0) is 8.84. The van der Waals surface area contributed by atoms with Crippen LogP contribution in [0, 0.1) is 0 Å². The normalized spacial score (nSPS) is 16.7. The fourth-order valence-corrected chi connectivity index (χ4v) is 2.28. The zero-order valence-electron chi connectivity index (χ0n) is 7.34. The van der Waals surface area contributed by atoms with Crippen LogP contribution in [0.5, 0.6) is 0 Å². The fraction of sp³-hybridized carbons (Fsp3) is 0.500. The molecule has 3 rings (SSSR count). The Kier molecular flexibility index (Phi) is 1.38. The molecule has 1 aliphatic carbocycles. The van der Waals surface area contributed by atoms with E-state index >= 15 is 0 Å². The van der Waals surface area contributed by atoms with E-state index in [9.17, 15) is 0 Å². The van der Waals surface area contributed by atoms with Crippen molar-refractivity contribution in [2.24, 2.45) is 0 Å². The van der Waals surface area contributed by atoms with Crippen molar-refractivity contribution in [3.05, 3.63) is 12.4 Å². The number of aromatic nitrogens is 3. The minimum absolute atomic E-state index is 0.718. The topological polar surface area (TPSA) is 33.4 Å². The molecule has 1 fully saturated rings. The SMILES string of the molecule is CN(c1nn2ccnc2s1)C1CC1. The molecule has 0 amide bonds. The number of anilines is 1. The van der Waals surface area contributed by atoms with Crippen molar-refractivity contribution in [3.63, 3.8) is 0 Å². The van der Waals surface area contributed by atoms with Crippen LogP contribution in [0.2, 0.25) is 0 Å². The Balaban J connectivity index is 2.01. The number of hydrogen-bond acceptors (Lipinski definition) is 4. The third-order valence-corrected chi connectivity index (χ3v) is 3.39. The van der Waals surface area contributed by atoms with Crippen molar-refractivity contribution >= 4 is 21.4 Å². The van der Waals surface area contributed by atoms with Gasteiger partial charge in [-0.3, -0.25) is 0 Å². The van der Waals surface area contributed by atoms with E-state index in [0.717, 1.165) is 16.1 Å². The van der Waals surface area contributed by atoms with Gasteiger partial charge in [-0.15, -0.1) is 5.10 Å². The first kappa shape index (κ1) is 7.32.